The molecule has 56 heavy (non-hydrogen) atoms. The first-order valence-electron chi connectivity index (χ1n) is 15.4. The number of ether oxygens (including phenoxy) is 5. The zero-order valence-corrected chi connectivity index (χ0v) is 27.7. The van der Waals surface area contributed by atoms with Crippen LogP contribution >= 0.6 is 0 Å². The van der Waals surface area contributed by atoms with E-state index in [1.165, 1.54) is 0 Å². The molecule has 5 rings (SSSR count). The molecule has 4 aromatic rings. The van der Waals surface area contributed by atoms with E-state index in [4.69, 9.17) is 23.7 Å². The fourth-order valence-corrected chi connectivity index (χ4v) is 5.14. The van der Waals surface area contributed by atoms with Crippen molar-refractivity contribution in [3.8, 4) is 69.0 Å². The summed E-state index contributed by atoms with van der Waals surface area (Å²) in [6, 6.07) is 4.99. The Kier molecular flexibility index (Phi) is 10.8. The first kappa shape index (κ1) is 39.5. The van der Waals surface area contributed by atoms with Gasteiger partial charge in [0.15, 0.2) is 93.6 Å². The number of rotatable bonds is 9. The van der Waals surface area contributed by atoms with E-state index in [0.29, 0.717) is 48.5 Å². The molecule has 1 aliphatic rings. The van der Waals surface area contributed by atoms with Crippen LogP contribution in [0.5, 0.6) is 69.0 Å². The molecule has 1 fully saturated rings. The lowest BCUT2D eigenvalue weighted by Gasteiger charge is -2.42. The van der Waals surface area contributed by atoms with Gasteiger partial charge in [-0.25, -0.2) is 19.2 Å². The van der Waals surface area contributed by atoms with Crippen molar-refractivity contribution in [3.05, 3.63) is 70.8 Å². The number of phenols is 12. The van der Waals surface area contributed by atoms with Crippen LogP contribution in [0.25, 0.3) is 0 Å². The molecule has 1 aliphatic heterocycles. The van der Waals surface area contributed by atoms with Gasteiger partial charge in [-0.2, -0.15) is 0 Å². The van der Waals surface area contributed by atoms with Crippen molar-refractivity contribution in [2.45, 2.75) is 30.7 Å². The van der Waals surface area contributed by atoms with Gasteiger partial charge in [0.1, 0.15) is 12.7 Å². The SMILES string of the molecule is O=C(OC[C@@H]1O[C@@H](O)[C@H](OC(=O)c2cc(O)c(O)c(O)c2)[C@@H](OC(=O)c2cc(O)c(O)c(O)c2)[C@H]1OC(=O)c1cc(O)c(O)c(O)c1)c1cc(O)c(O)c(O)c1. The van der Waals surface area contributed by atoms with Gasteiger partial charge in [-0.1, -0.05) is 0 Å². The van der Waals surface area contributed by atoms with Crippen LogP contribution in [0.15, 0.2) is 48.5 Å². The van der Waals surface area contributed by atoms with Gasteiger partial charge in [-0.15, -0.1) is 0 Å². The molecule has 0 radical (unpaired) electrons. The molecule has 0 unspecified atom stereocenters. The molecule has 1 heterocycles. The summed E-state index contributed by atoms with van der Waals surface area (Å²) in [5.41, 5.74) is -2.68. The van der Waals surface area contributed by atoms with E-state index in [9.17, 15) is 85.6 Å². The molecular weight excluding hydrogens is 760 g/mol. The lowest BCUT2D eigenvalue weighted by atomic mass is 9.97. The third kappa shape index (κ3) is 7.95. The summed E-state index contributed by atoms with van der Waals surface area (Å²) in [7, 11) is 0. The first-order valence-corrected chi connectivity index (χ1v) is 15.4. The Bertz CT molecular complexity index is 2140. The van der Waals surface area contributed by atoms with Crippen molar-refractivity contribution in [3.63, 3.8) is 0 Å². The van der Waals surface area contributed by atoms with E-state index in [2.05, 4.69) is 0 Å². The van der Waals surface area contributed by atoms with Crippen molar-refractivity contribution < 1.29 is 109 Å². The molecule has 5 atom stereocenters. The highest BCUT2D eigenvalue weighted by atomic mass is 16.7. The summed E-state index contributed by atoms with van der Waals surface area (Å²) in [6.07, 6.45) is -11.2. The molecule has 22 nitrogen and oxygen atoms in total. The van der Waals surface area contributed by atoms with Crippen molar-refractivity contribution in [1.29, 1.82) is 0 Å². The lowest BCUT2D eigenvalue weighted by Crippen LogP contribution is -2.62. The van der Waals surface area contributed by atoms with E-state index < -0.39 is 152 Å². The normalized spacial score (nSPS) is 19.1. The zero-order valence-electron chi connectivity index (χ0n) is 27.7. The summed E-state index contributed by atoms with van der Waals surface area (Å²) in [5.74, 6) is -18.2. The number of phenolic OH excluding ortho intramolecular Hbond substituents is 12. The average Bonchev–Trinajstić information content (AvgIpc) is 3.14. The van der Waals surface area contributed by atoms with Crippen molar-refractivity contribution in [2.24, 2.45) is 0 Å². The number of hydrogen-bond donors (Lipinski definition) is 13. The number of aliphatic hydroxyl groups excluding tert-OH is 1. The molecule has 13 N–H and O–H groups in total. The number of aliphatic hydroxyl groups is 1. The molecule has 296 valence electrons. The molecule has 0 saturated carbocycles. The summed E-state index contributed by atoms with van der Waals surface area (Å²) < 4.78 is 26.8. The van der Waals surface area contributed by atoms with Crippen LogP contribution in [0.2, 0.25) is 0 Å². The number of aromatic hydroxyl groups is 12. The zero-order chi connectivity index (χ0) is 41.3. The quantitative estimate of drug-likeness (QED) is 0.0630. The second kappa shape index (κ2) is 15.3. The lowest BCUT2D eigenvalue weighted by molar-refractivity contribution is -0.284. The summed E-state index contributed by atoms with van der Waals surface area (Å²) in [6.45, 7) is -1.09. The third-order valence-corrected chi connectivity index (χ3v) is 7.94. The average molecular weight is 789 g/mol. The van der Waals surface area contributed by atoms with Gasteiger partial charge in [-0.3, -0.25) is 0 Å². The third-order valence-electron chi connectivity index (χ3n) is 7.94. The van der Waals surface area contributed by atoms with Crippen LogP contribution in [0.4, 0.5) is 0 Å². The van der Waals surface area contributed by atoms with Gasteiger partial charge < -0.3 is 90.1 Å². The van der Waals surface area contributed by atoms with Crippen molar-refractivity contribution in [2.75, 3.05) is 6.61 Å². The maximum atomic E-state index is 13.5. The molecule has 0 aromatic heterocycles. The van der Waals surface area contributed by atoms with Gasteiger partial charge in [0.05, 0.1) is 22.3 Å². The van der Waals surface area contributed by atoms with Crippen LogP contribution in [0.1, 0.15) is 41.4 Å². The maximum Gasteiger partial charge on any atom is 0.339 e. The predicted octanol–water partition coefficient (Wildman–Crippen LogP) is 0.705. The van der Waals surface area contributed by atoms with Crippen molar-refractivity contribution in [1.82, 2.24) is 0 Å². The smallest absolute Gasteiger partial charge is 0.339 e. The van der Waals surface area contributed by atoms with Crippen LogP contribution in [-0.4, -0.2) is 128 Å². The minimum absolute atomic E-state index is 0.570. The molecule has 1 saturated heterocycles. The Hall–Kier alpha value is -7.72. The van der Waals surface area contributed by atoms with Crippen molar-refractivity contribution >= 4 is 23.9 Å². The summed E-state index contributed by atoms with van der Waals surface area (Å²) in [5, 5.41) is 129. The standard InChI is InChI=1S/C34H28O22/c35-14-1-10(2-15(36)23(14)43)30(47)52-9-22-27(54-31(48)11-3-16(37)24(44)17(38)4-11)28(55-32(49)12-5-18(39)25(45)19(40)6-12)29(34(51)53-22)56-33(50)13-7-20(41)26(46)21(42)8-13/h1-8,22,27-29,34-46,51H,9H2/t22-,27-,28-,29+,34+/m0/s1. The van der Waals surface area contributed by atoms with Crippen LogP contribution < -0.4 is 0 Å². The summed E-state index contributed by atoms with van der Waals surface area (Å²) >= 11 is 0. The van der Waals surface area contributed by atoms with Gasteiger partial charge in [-0.05, 0) is 48.5 Å². The maximum absolute atomic E-state index is 13.5. The molecule has 0 bridgehead atoms. The number of benzene rings is 4. The molecule has 0 spiro atoms. The molecular formula is C34H28O22. The van der Waals surface area contributed by atoms with E-state index in [0.717, 1.165) is 0 Å². The second-order valence-electron chi connectivity index (χ2n) is 11.7. The van der Waals surface area contributed by atoms with Gasteiger partial charge in [0.2, 0.25) is 0 Å². The van der Waals surface area contributed by atoms with E-state index in [1.807, 2.05) is 0 Å². The van der Waals surface area contributed by atoms with E-state index in [-0.39, 0.29) is 0 Å². The fourth-order valence-electron chi connectivity index (χ4n) is 5.14. The Labute approximate surface area is 310 Å². The van der Waals surface area contributed by atoms with E-state index >= 15 is 0 Å². The first-order chi connectivity index (χ1) is 26.3. The number of esters is 4. The number of carbonyl (C=O) groups is 4. The second-order valence-corrected chi connectivity index (χ2v) is 11.7. The molecule has 0 amide bonds. The number of carbonyl (C=O) groups excluding carboxylic acids is 4. The fraction of sp³-hybridized carbons (Fsp3) is 0.176. The monoisotopic (exact) mass is 788 g/mol. The van der Waals surface area contributed by atoms with Gasteiger partial charge in [0, 0.05) is 0 Å². The Morgan fingerprint density at radius 1 is 0.429 bits per heavy atom. The molecule has 22 heteroatoms. The highest BCUT2D eigenvalue weighted by molar-refractivity contribution is 5.93. The minimum Gasteiger partial charge on any atom is -0.504 e. The largest absolute Gasteiger partial charge is 0.504 e. The van der Waals surface area contributed by atoms with E-state index in [1.54, 1.807) is 0 Å². The molecule has 4 aromatic carbocycles. The highest BCUT2D eigenvalue weighted by Crippen LogP contribution is 2.40. The summed E-state index contributed by atoms with van der Waals surface area (Å²) in [4.78, 5) is 53.1. The highest BCUT2D eigenvalue weighted by Gasteiger charge is 2.53. The molecule has 0 aliphatic carbocycles. The Morgan fingerprint density at radius 2 is 0.696 bits per heavy atom. The van der Waals surface area contributed by atoms with Crippen LogP contribution in [0.3, 0.4) is 0 Å². The Balaban J connectivity index is 1.57. The van der Waals surface area contributed by atoms with Crippen LogP contribution in [0, 0.1) is 0 Å². The topological polar surface area (TPSA) is 377 Å². The van der Waals surface area contributed by atoms with Gasteiger partial charge in [0.25, 0.3) is 0 Å². The Morgan fingerprint density at radius 3 is 1.02 bits per heavy atom. The minimum atomic E-state index is -2.43. The number of hydrogen-bond acceptors (Lipinski definition) is 22. The predicted molar refractivity (Wildman–Crippen MR) is 175 cm³/mol. The van der Waals surface area contributed by atoms with Crippen LogP contribution in [-0.2, 0) is 23.7 Å². The van der Waals surface area contributed by atoms with Gasteiger partial charge >= 0.3 is 23.9 Å².